The minimum Gasteiger partial charge on any atom is -0.340 e. The summed E-state index contributed by atoms with van der Waals surface area (Å²) in [5, 5.41) is 0.650. The van der Waals surface area contributed by atoms with Crippen LogP contribution in [-0.4, -0.2) is 35.8 Å². The van der Waals surface area contributed by atoms with Crippen molar-refractivity contribution in [3.05, 3.63) is 28.8 Å². The lowest BCUT2D eigenvalue weighted by molar-refractivity contribution is -0.138. The second-order valence-electron chi connectivity index (χ2n) is 7.25. The number of halogens is 1. The predicted molar refractivity (Wildman–Crippen MR) is 101 cm³/mol. The van der Waals surface area contributed by atoms with Crippen LogP contribution >= 0.6 is 11.6 Å². The Hall–Kier alpha value is -1.55. The highest BCUT2D eigenvalue weighted by atomic mass is 35.5. The van der Waals surface area contributed by atoms with Crippen molar-refractivity contribution in [3.63, 3.8) is 0 Å². The smallest absolute Gasteiger partial charge is 0.228 e. The topological polar surface area (TPSA) is 40.6 Å². The van der Waals surface area contributed by atoms with Crippen LogP contribution in [0.2, 0.25) is 5.02 Å². The van der Waals surface area contributed by atoms with Gasteiger partial charge in [0.1, 0.15) is 0 Å². The first-order valence-corrected chi connectivity index (χ1v) is 9.76. The quantitative estimate of drug-likeness (QED) is 0.806. The fraction of sp³-hybridized carbons (Fsp3) is 0.600. The second-order valence-corrected chi connectivity index (χ2v) is 7.66. The third kappa shape index (κ3) is 3.84. The Kier molecular flexibility index (Phi) is 5.67. The van der Waals surface area contributed by atoms with E-state index in [1.165, 1.54) is 19.3 Å². The second kappa shape index (κ2) is 7.77. The number of hydrogen-bond acceptors (Lipinski definition) is 2. The Labute approximate surface area is 155 Å². The summed E-state index contributed by atoms with van der Waals surface area (Å²) in [6.45, 7) is 5.17. The van der Waals surface area contributed by atoms with Crippen LogP contribution in [0, 0.1) is 12.8 Å². The average molecular weight is 363 g/mol. The van der Waals surface area contributed by atoms with E-state index in [4.69, 9.17) is 11.6 Å². The zero-order valence-corrected chi connectivity index (χ0v) is 15.9. The number of nitrogens with zero attached hydrogens (tertiary/aromatic N) is 2. The van der Waals surface area contributed by atoms with E-state index in [2.05, 4.69) is 0 Å². The SMILES string of the molecule is CCN(C(=O)C1CC(=O)N(c2ccc(C)c(Cl)c2)C1)C1CCCCC1. The van der Waals surface area contributed by atoms with Crippen LogP contribution in [-0.2, 0) is 9.59 Å². The summed E-state index contributed by atoms with van der Waals surface area (Å²) in [5.41, 5.74) is 1.77. The van der Waals surface area contributed by atoms with Crippen LogP contribution < -0.4 is 4.90 Å². The first-order chi connectivity index (χ1) is 12.0. The van der Waals surface area contributed by atoms with Gasteiger partial charge in [0, 0.05) is 36.3 Å². The predicted octanol–water partition coefficient (Wildman–Crippen LogP) is 4.18. The molecule has 2 amide bonds. The average Bonchev–Trinajstić information content (AvgIpc) is 3.01. The van der Waals surface area contributed by atoms with Crippen molar-refractivity contribution in [2.75, 3.05) is 18.0 Å². The Morgan fingerprint density at radius 1 is 1.28 bits per heavy atom. The van der Waals surface area contributed by atoms with Crippen molar-refractivity contribution in [2.24, 2.45) is 5.92 Å². The molecule has 136 valence electrons. The van der Waals surface area contributed by atoms with Gasteiger partial charge in [-0.2, -0.15) is 0 Å². The molecule has 1 unspecified atom stereocenters. The third-order valence-electron chi connectivity index (χ3n) is 5.58. The summed E-state index contributed by atoms with van der Waals surface area (Å²) in [7, 11) is 0. The zero-order valence-electron chi connectivity index (χ0n) is 15.1. The molecule has 2 fully saturated rings. The lowest BCUT2D eigenvalue weighted by Gasteiger charge is -2.35. The molecule has 0 bridgehead atoms. The maximum absolute atomic E-state index is 13.0. The van der Waals surface area contributed by atoms with Gasteiger partial charge in [-0.05, 0) is 44.4 Å². The van der Waals surface area contributed by atoms with E-state index < -0.39 is 0 Å². The molecular formula is C20H27ClN2O2. The van der Waals surface area contributed by atoms with Gasteiger partial charge < -0.3 is 9.80 Å². The number of rotatable bonds is 4. The fourth-order valence-corrected chi connectivity index (χ4v) is 4.27. The van der Waals surface area contributed by atoms with Gasteiger partial charge >= 0.3 is 0 Å². The summed E-state index contributed by atoms with van der Waals surface area (Å²) in [4.78, 5) is 29.3. The normalized spacial score (nSPS) is 21.6. The van der Waals surface area contributed by atoms with E-state index in [-0.39, 0.29) is 17.7 Å². The van der Waals surface area contributed by atoms with Crippen LogP contribution in [0.4, 0.5) is 5.69 Å². The highest BCUT2D eigenvalue weighted by Crippen LogP contribution is 2.31. The maximum atomic E-state index is 13.0. The summed E-state index contributed by atoms with van der Waals surface area (Å²) in [5.74, 6) is -0.0871. The first kappa shape index (κ1) is 18.2. The van der Waals surface area contributed by atoms with Crippen LogP contribution in [0.5, 0.6) is 0 Å². The minimum atomic E-state index is -0.241. The molecule has 0 spiro atoms. The van der Waals surface area contributed by atoms with E-state index in [1.54, 1.807) is 4.90 Å². The Balaban J connectivity index is 1.72. The molecule has 0 aromatic heterocycles. The Bertz CT molecular complexity index is 655. The van der Waals surface area contributed by atoms with Crippen molar-refractivity contribution in [1.82, 2.24) is 4.90 Å². The summed E-state index contributed by atoms with van der Waals surface area (Å²) in [6.07, 6.45) is 6.16. The monoisotopic (exact) mass is 362 g/mol. The minimum absolute atomic E-state index is 0.0120. The van der Waals surface area contributed by atoms with Crippen LogP contribution in [0.15, 0.2) is 18.2 Å². The van der Waals surface area contributed by atoms with Gasteiger partial charge in [0.2, 0.25) is 11.8 Å². The van der Waals surface area contributed by atoms with Gasteiger partial charge in [-0.25, -0.2) is 0 Å². The molecule has 1 aliphatic carbocycles. The van der Waals surface area contributed by atoms with E-state index >= 15 is 0 Å². The molecule has 5 heteroatoms. The van der Waals surface area contributed by atoms with Crippen LogP contribution in [0.1, 0.15) is 51.0 Å². The van der Waals surface area contributed by atoms with Crippen molar-refractivity contribution in [1.29, 1.82) is 0 Å². The molecule has 1 atom stereocenters. The zero-order chi connectivity index (χ0) is 18.0. The standard InChI is InChI=1S/C20H27ClN2O2/c1-3-22(16-7-5-4-6-8-16)20(25)15-11-19(24)23(13-15)17-10-9-14(2)18(21)12-17/h9-10,12,15-16H,3-8,11,13H2,1-2H3. The fourth-order valence-electron chi connectivity index (χ4n) is 4.09. The highest BCUT2D eigenvalue weighted by molar-refractivity contribution is 6.31. The molecule has 0 N–H and O–H groups in total. The number of amides is 2. The molecule has 1 aromatic rings. The molecule has 1 saturated heterocycles. The number of anilines is 1. The van der Waals surface area contributed by atoms with Crippen LogP contribution in [0.3, 0.4) is 0 Å². The highest BCUT2D eigenvalue weighted by Gasteiger charge is 2.38. The molecule has 25 heavy (non-hydrogen) atoms. The lowest BCUT2D eigenvalue weighted by Crippen LogP contribution is -2.45. The molecule has 1 saturated carbocycles. The maximum Gasteiger partial charge on any atom is 0.228 e. The van der Waals surface area contributed by atoms with Gasteiger partial charge in [0.05, 0.1) is 5.92 Å². The van der Waals surface area contributed by atoms with Crippen molar-refractivity contribution in [3.8, 4) is 0 Å². The largest absolute Gasteiger partial charge is 0.340 e. The molecule has 2 aliphatic rings. The molecule has 0 radical (unpaired) electrons. The van der Waals surface area contributed by atoms with Gasteiger partial charge in [-0.3, -0.25) is 9.59 Å². The van der Waals surface area contributed by atoms with Gasteiger partial charge in [0.15, 0.2) is 0 Å². The van der Waals surface area contributed by atoms with Crippen LogP contribution in [0.25, 0.3) is 0 Å². The summed E-state index contributed by atoms with van der Waals surface area (Å²) < 4.78 is 0. The number of carbonyl (C=O) groups is 2. The first-order valence-electron chi connectivity index (χ1n) is 9.38. The van der Waals surface area contributed by atoms with Crippen molar-refractivity contribution < 1.29 is 9.59 Å². The van der Waals surface area contributed by atoms with Crippen molar-refractivity contribution in [2.45, 2.75) is 58.4 Å². The number of hydrogen-bond donors (Lipinski definition) is 0. The summed E-state index contributed by atoms with van der Waals surface area (Å²) >= 11 is 6.20. The number of aryl methyl sites for hydroxylation is 1. The lowest BCUT2D eigenvalue weighted by atomic mass is 9.93. The molecule has 1 aliphatic heterocycles. The van der Waals surface area contributed by atoms with E-state index in [0.717, 1.165) is 30.6 Å². The molecule has 3 rings (SSSR count). The van der Waals surface area contributed by atoms with Gasteiger partial charge in [-0.1, -0.05) is 36.9 Å². The molecule has 1 aromatic carbocycles. The number of carbonyl (C=O) groups excluding carboxylic acids is 2. The van der Waals surface area contributed by atoms with Gasteiger partial charge in [-0.15, -0.1) is 0 Å². The molecular weight excluding hydrogens is 336 g/mol. The molecule has 4 nitrogen and oxygen atoms in total. The molecule has 1 heterocycles. The van der Waals surface area contributed by atoms with Crippen molar-refractivity contribution >= 4 is 29.1 Å². The Morgan fingerprint density at radius 2 is 2.00 bits per heavy atom. The third-order valence-corrected chi connectivity index (χ3v) is 5.99. The Morgan fingerprint density at radius 3 is 2.64 bits per heavy atom. The number of benzene rings is 1. The summed E-state index contributed by atoms with van der Waals surface area (Å²) in [6, 6.07) is 6.00. The van der Waals surface area contributed by atoms with E-state index in [1.807, 2.05) is 36.9 Å². The van der Waals surface area contributed by atoms with E-state index in [9.17, 15) is 9.59 Å². The van der Waals surface area contributed by atoms with E-state index in [0.29, 0.717) is 24.0 Å². The van der Waals surface area contributed by atoms with Gasteiger partial charge in [0.25, 0.3) is 0 Å².